The third-order valence-corrected chi connectivity index (χ3v) is 11.7. The summed E-state index contributed by atoms with van der Waals surface area (Å²) in [5, 5.41) is 16.1. The lowest BCUT2D eigenvalue weighted by Crippen LogP contribution is -2.38. The largest absolute Gasteiger partial charge is 0.497 e. The number of nitrogens with one attached hydrogen (secondary N) is 1. The number of hydrogen-bond acceptors (Lipinski definition) is 9. The molecule has 0 radical (unpaired) electrons. The number of benzene rings is 6. The van der Waals surface area contributed by atoms with Crippen molar-refractivity contribution in [1.82, 2.24) is 19.5 Å². The maximum absolute atomic E-state index is 12.3. The first-order chi connectivity index (χ1) is 30.6. The Morgan fingerprint density at radius 1 is 0.645 bits per heavy atom. The van der Waals surface area contributed by atoms with E-state index in [2.05, 4.69) is 41.7 Å². The van der Waals surface area contributed by atoms with Gasteiger partial charge in [0.25, 0.3) is 0 Å². The van der Waals surface area contributed by atoms with Crippen LogP contribution in [0.4, 0.5) is 5.95 Å². The topological polar surface area (TPSA) is 113 Å². The van der Waals surface area contributed by atoms with Crippen LogP contribution in [0.2, 0.25) is 0 Å². The predicted molar refractivity (Wildman–Crippen MR) is 240 cm³/mol. The van der Waals surface area contributed by atoms with Crippen LogP contribution in [-0.2, 0) is 34.8 Å². The summed E-state index contributed by atoms with van der Waals surface area (Å²) in [6, 6.07) is 58.3. The van der Waals surface area contributed by atoms with E-state index in [4.69, 9.17) is 33.9 Å². The van der Waals surface area contributed by atoms with Crippen LogP contribution in [0.3, 0.4) is 0 Å². The number of aliphatic hydroxyl groups is 1. The summed E-state index contributed by atoms with van der Waals surface area (Å²) >= 11 is 0. The molecule has 0 aliphatic heterocycles. The summed E-state index contributed by atoms with van der Waals surface area (Å²) < 4.78 is 27.0. The number of fused-ring (bicyclic) bond motifs is 1. The normalized spacial score (nSPS) is 17.5. The standard InChI is InChI=1S/C52H49N5O5/c1-59-43-29-27-42(28-30-43)52(40-23-13-5-14-24-40,41-25-15-6-16-26-41)56-51-54-49-47(50(55-51)62-34-39-21-11-4-12-22-39)53-36-57(49)45-31-46(61-33-38-19-9-3-10-20-38)44(48(45)58)35-60-32-37-17-7-2-8-18-37/h2-30,36,44-46,48,58H,31-35H2,1H3,(H,54,55,56)/t44-,45-,46-,48+/m0/s1. The molecule has 9 rings (SSSR count). The second-order valence-electron chi connectivity index (χ2n) is 15.6. The molecule has 1 aliphatic rings. The first kappa shape index (κ1) is 40.6. The molecule has 1 aliphatic carbocycles. The number of imidazole rings is 1. The van der Waals surface area contributed by atoms with Gasteiger partial charge in [0.1, 0.15) is 17.9 Å². The third-order valence-electron chi connectivity index (χ3n) is 11.7. The summed E-state index contributed by atoms with van der Waals surface area (Å²) in [6.07, 6.45) is 1.10. The average molecular weight is 824 g/mol. The fourth-order valence-corrected chi connectivity index (χ4v) is 8.52. The van der Waals surface area contributed by atoms with Crippen molar-refractivity contribution in [3.63, 3.8) is 0 Å². The fraction of sp³-hybridized carbons (Fsp3) is 0.212. The number of methoxy groups -OCH3 is 1. The Kier molecular flexibility index (Phi) is 12.3. The van der Waals surface area contributed by atoms with Gasteiger partial charge in [-0.3, -0.25) is 0 Å². The second kappa shape index (κ2) is 18.8. The second-order valence-corrected chi connectivity index (χ2v) is 15.6. The number of aliphatic hydroxyl groups excluding tert-OH is 1. The molecular weight excluding hydrogens is 775 g/mol. The van der Waals surface area contributed by atoms with Gasteiger partial charge >= 0.3 is 0 Å². The van der Waals surface area contributed by atoms with Crippen molar-refractivity contribution >= 4 is 17.1 Å². The minimum atomic E-state index is -0.964. The van der Waals surface area contributed by atoms with E-state index in [1.165, 1.54) is 0 Å². The highest BCUT2D eigenvalue weighted by Gasteiger charge is 2.45. The zero-order chi connectivity index (χ0) is 42.1. The highest BCUT2D eigenvalue weighted by molar-refractivity contribution is 5.78. The molecule has 62 heavy (non-hydrogen) atoms. The molecule has 0 spiro atoms. The van der Waals surface area contributed by atoms with Crippen molar-refractivity contribution < 1.29 is 24.1 Å². The summed E-state index contributed by atoms with van der Waals surface area (Å²) in [4.78, 5) is 15.2. The molecule has 2 N–H and O–H groups in total. The van der Waals surface area contributed by atoms with E-state index >= 15 is 0 Å². The molecule has 6 aromatic carbocycles. The minimum Gasteiger partial charge on any atom is -0.497 e. The Hall–Kier alpha value is -6.85. The van der Waals surface area contributed by atoms with E-state index in [9.17, 15) is 5.11 Å². The van der Waals surface area contributed by atoms with Gasteiger partial charge in [-0.05, 0) is 51.9 Å². The van der Waals surface area contributed by atoms with Gasteiger partial charge in [-0.25, -0.2) is 4.98 Å². The fourth-order valence-electron chi connectivity index (χ4n) is 8.52. The number of aromatic nitrogens is 4. The number of nitrogens with zero attached hydrogens (tertiary/aromatic N) is 4. The lowest BCUT2D eigenvalue weighted by atomic mass is 9.77. The van der Waals surface area contributed by atoms with Crippen molar-refractivity contribution in [2.75, 3.05) is 19.0 Å². The highest BCUT2D eigenvalue weighted by Crippen LogP contribution is 2.43. The Morgan fingerprint density at radius 2 is 1.18 bits per heavy atom. The monoisotopic (exact) mass is 823 g/mol. The molecular formula is C52H49N5O5. The van der Waals surface area contributed by atoms with E-state index in [-0.39, 0.29) is 18.6 Å². The molecule has 0 unspecified atom stereocenters. The van der Waals surface area contributed by atoms with E-state index in [0.717, 1.165) is 39.1 Å². The summed E-state index contributed by atoms with van der Waals surface area (Å²) in [5.74, 6) is 1.05. The van der Waals surface area contributed by atoms with Crippen molar-refractivity contribution in [2.45, 2.75) is 50.0 Å². The molecule has 2 aromatic heterocycles. The molecule has 8 aromatic rings. The predicted octanol–water partition coefficient (Wildman–Crippen LogP) is 9.54. The smallest absolute Gasteiger partial charge is 0.247 e. The maximum Gasteiger partial charge on any atom is 0.247 e. The van der Waals surface area contributed by atoms with Crippen LogP contribution in [0.15, 0.2) is 182 Å². The first-order valence-corrected chi connectivity index (χ1v) is 21.0. The molecule has 10 heteroatoms. The SMILES string of the molecule is COc1ccc(C(Nc2nc(OCc3ccccc3)c3ncn([C@H]4C[C@H](OCc5ccccc5)[C@H](COCc5ccccc5)[C@H]4O)c3n2)(c2ccccc2)c2ccccc2)cc1. The van der Waals surface area contributed by atoms with Gasteiger partial charge < -0.3 is 33.9 Å². The number of anilines is 1. The molecule has 312 valence electrons. The quantitative estimate of drug-likeness (QED) is 0.0868. The van der Waals surface area contributed by atoms with Crippen LogP contribution < -0.4 is 14.8 Å². The Bertz CT molecular complexity index is 2590. The molecule has 2 heterocycles. The van der Waals surface area contributed by atoms with E-state index in [1.807, 2.05) is 144 Å². The number of hydrogen-bond donors (Lipinski definition) is 2. The van der Waals surface area contributed by atoms with Gasteiger partial charge in [-0.1, -0.05) is 164 Å². The Morgan fingerprint density at radius 3 is 1.76 bits per heavy atom. The summed E-state index contributed by atoms with van der Waals surface area (Å²) in [7, 11) is 1.66. The van der Waals surface area contributed by atoms with E-state index in [1.54, 1.807) is 13.4 Å². The minimum absolute atomic E-state index is 0.266. The lowest BCUT2D eigenvalue weighted by Gasteiger charge is -2.37. The van der Waals surface area contributed by atoms with Crippen LogP contribution in [0.1, 0.15) is 45.8 Å². The molecule has 1 saturated carbocycles. The van der Waals surface area contributed by atoms with Crippen LogP contribution >= 0.6 is 0 Å². The Balaban J connectivity index is 1.13. The summed E-state index contributed by atoms with van der Waals surface area (Å²) in [5.41, 5.74) is 6.05. The van der Waals surface area contributed by atoms with Gasteiger partial charge in [0.2, 0.25) is 11.8 Å². The van der Waals surface area contributed by atoms with Crippen LogP contribution in [-0.4, -0.2) is 50.6 Å². The van der Waals surface area contributed by atoms with Crippen LogP contribution in [0.25, 0.3) is 11.2 Å². The van der Waals surface area contributed by atoms with Crippen LogP contribution in [0.5, 0.6) is 11.6 Å². The maximum atomic E-state index is 12.3. The first-order valence-electron chi connectivity index (χ1n) is 21.0. The van der Waals surface area contributed by atoms with Gasteiger partial charge in [0, 0.05) is 5.92 Å². The molecule has 1 fully saturated rings. The van der Waals surface area contributed by atoms with Gasteiger partial charge in [-0.2, -0.15) is 9.97 Å². The summed E-state index contributed by atoms with van der Waals surface area (Å²) in [6.45, 7) is 1.41. The van der Waals surface area contributed by atoms with Crippen molar-refractivity contribution in [2.24, 2.45) is 5.92 Å². The molecule has 0 bridgehead atoms. The zero-order valence-corrected chi connectivity index (χ0v) is 34.5. The molecule has 10 nitrogen and oxygen atoms in total. The molecule has 0 saturated heterocycles. The van der Waals surface area contributed by atoms with E-state index in [0.29, 0.717) is 49.2 Å². The average Bonchev–Trinajstić information content (AvgIpc) is 3.90. The lowest BCUT2D eigenvalue weighted by molar-refractivity contribution is -0.0475. The van der Waals surface area contributed by atoms with Crippen LogP contribution in [0, 0.1) is 5.92 Å². The van der Waals surface area contributed by atoms with Crippen molar-refractivity contribution in [1.29, 1.82) is 0 Å². The van der Waals surface area contributed by atoms with Crippen molar-refractivity contribution in [3.05, 3.63) is 216 Å². The molecule has 0 amide bonds. The molecule has 4 atom stereocenters. The van der Waals surface area contributed by atoms with Gasteiger partial charge in [-0.15, -0.1) is 0 Å². The number of rotatable bonds is 17. The highest BCUT2D eigenvalue weighted by atomic mass is 16.5. The van der Waals surface area contributed by atoms with Crippen molar-refractivity contribution in [3.8, 4) is 11.6 Å². The Labute approximate surface area is 361 Å². The van der Waals surface area contributed by atoms with Gasteiger partial charge in [0.15, 0.2) is 11.2 Å². The third kappa shape index (κ3) is 8.67. The van der Waals surface area contributed by atoms with Gasteiger partial charge in [0.05, 0.1) is 51.5 Å². The number of ether oxygens (including phenoxy) is 4. The van der Waals surface area contributed by atoms with E-state index < -0.39 is 17.7 Å². The zero-order valence-electron chi connectivity index (χ0n) is 34.5.